The van der Waals surface area contributed by atoms with Gasteiger partial charge in [0.05, 0.1) is 0 Å². The van der Waals surface area contributed by atoms with Crippen LogP contribution in [0.5, 0.6) is 0 Å². The van der Waals surface area contributed by atoms with Crippen LogP contribution in [0.15, 0.2) is 29.3 Å². The van der Waals surface area contributed by atoms with Gasteiger partial charge in [-0.05, 0) is 31.4 Å². The van der Waals surface area contributed by atoms with Crippen molar-refractivity contribution in [1.29, 1.82) is 0 Å². The van der Waals surface area contributed by atoms with Gasteiger partial charge in [0.15, 0.2) is 5.96 Å². The summed E-state index contributed by atoms with van der Waals surface area (Å²) in [7, 11) is 0. The predicted octanol–water partition coefficient (Wildman–Crippen LogP) is 1.62. The normalized spacial score (nSPS) is 14.4. The van der Waals surface area contributed by atoms with Crippen molar-refractivity contribution in [1.82, 2.24) is 10.2 Å². The topological polar surface area (TPSA) is 70.7 Å². The standard InChI is InChI=1S/C16H24N4O/c1-12(2)19-16(17)18-9-5-8-15(21)20-10-13-6-3-4-7-14(13)11-20/h3-4,6-7,12H,5,8-11H2,1-2H3,(H3,17,18,19). The van der Waals surface area contributed by atoms with Crippen molar-refractivity contribution in [2.45, 2.75) is 45.8 Å². The number of rotatable bonds is 5. The van der Waals surface area contributed by atoms with Crippen LogP contribution in [0.4, 0.5) is 0 Å². The number of guanidine groups is 1. The van der Waals surface area contributed by atoms with Gasteiger partial charge in [-0.1, -0.05) is 24.3 Å². The van der Waals surface area contributed by atoms with Crippen LogP contribution >= 0.6 is 0 Å². The highest BCUT2D eigenvalue weighted by Gasteiger charge is 2.21. The van der Waals surface area contributed by atoms with Crippen molar-refractivity contribution in [3.63, 3.8) is 0 Å². The van der Waals surface area contributed by atoms with Crippen LogP contribution in [0.2, 0.25) is 0 Å². The lowest BCUT2D eigenvalue weighted by Gasteiger charge is -2.15. The molecular weight excluding hydrogens is 264 g/mol. The number of hydrogen-bond donors (Lipinski definition) is 2. The molecule has 0 atom stereocenters. The molecule has 1 aliphatic heterocycles. The Hall–Kier alpha value is -2.04. The molecule has 1 heterocycles. The van der Waals surface area contributed by atoms with Gasteiger partial charge in [-0.2, -0.15) is 0 Å². The molecule has 1 aromatic rings. The number of amides is 1. The van der Waals surface area contributed by atoms with Crippen LogP contribution in [-0.4, -0.2) is 29.4 Å². The van der Waals surface area contributed by atoms with Gasteiger partial charge in [0.25, 0.3) is 0 Å². The molecule has 1 aliphatic rings. The third-order valence-corrected chi connectivity index (χ3v) is 3.46. The number of benzene rings is 1. The maximum Gasteiger partial charge on any atom is 0.223 e. The van der Waals surface area contributed by atoms with E-state index in [0.717, 1.165) is 19.5 Å². The lowest BCUT2D eigenvalue weighted by molar-refractivity contribution is -0.131. The summed E-state index contributed by atoms with van der Waals surface area (Å²) < 4.78 is 0. The zero-order valence-corrected chi connectivity index (χ0v) is 12.8. The molecule has 0 unspecified atom stereocenters. The van der Waals surface area contributed by atoms with E-state index in [2.05, 4.69) is 22.4 Å². The zero-order valence-electron chi connectivity index (χ0n) is 12.8. The Labute approximate surface area is 126 Å². The molecule has 0 radical (unpaired) electrons. The Bertz CT molecular complexity index is 500. The summed E-state index contributed by atoms with van der Waals surface area (Å²) in [4.78, 5) is 18.3. The largest absolute Gasteiger partial charge is 0.370 e. The number of carbonyl (C=O) groups is 1. The van der Waals surface area contributed by atoms with E-state index in [-0.39, 0.29) is 11.9 Å². The summed E-state index contributed by atoms with van der Waals surface area (Å²) >= 11 is 0. The minimum Gasteiger partial charge on any atom is -0.370 e. The number of nitrogens with zero attached hydrogens (tertiary/aromatic N) is 2. The number of nitrogens with two attached hydrogens (primary N) is 1. The van der Waals surface area contributed by atoms with E-state index < -0.39 is 0 Å². The molecule has 0 saturated heterocycles. The van der Waals surface area contributed by atoms with Gasteiger partial charge in [0.2, 0.25) is 5.91 Å². The lowest BCUT2D eigenvalue weighted by Crippen LogP contribution is -2.36. The molecule has 114 valence electrons. The van der Waals surface area contributed by atoms with Crippen LogP contribution < -0.4 is 11.1 Å². The van der Waals surface area contributed by atoms with Crippen LogP contribution in [-0.2, 0) is 17.9 Å². The molecule has 0 fully saturated rings. The van der Waals surface area contributed by atoms with Gasteiger partial charge < -0.3 is 16.0 Å². The quantitative estimate of drug-likeness (QED) is 0.491. The van der Waals surface area contributed by atoms with Crippen molar-refractivity contribution in [3.8, 4) is 0 Å². The molecule has 0 spiro atoms. The van der Waals surface area contributed by atoms with Crippen molar-refractivity contribution in [2.75, 3.05) is 6.54 Å². The van der Waals surface area contributed by atoms with E-state index >= 15 is 0 Å². The smallest absolute Gasteiger partial charge is 0.223 e. The Balaban J connectivity index is 1.72. The fraction of sp³-hybridized carbons (Fsp3) is 0.500. The van der Waals surface area contributed by atoms with E-state index in [1.807, 2.05) is 30.9 Å². The van der Waals surface area contributed by atoms with Crippen LogP contribution in [0.3, 0.4) is 0 Å². The number of hydrogen-bond acceptors (Lipinski definition) is 2. The fourth-order valence-corrected chi connectivity index (χ4v) is 2.44. The third-order valence-electron chi connectivity index (χ3n) is 3.46. The molecule has 0 saturated carbocycles. The van der Waals surface area contributed by atoms with Gasteiger partial charge >= 0.3 is 0 Å². The highest BCUT2D eigenvalue weighted by Crippen LogP contribution is 2.22. The molecule has 5 heteroatoms. The lowest BCUT2D eigenvalue weighted by atomic mass is 10.1. The van der Waals surface area contributed by atoms with E-state index in [1.165, 1.54) is 11.1 Å². The second-order valence-corrected chi connectivity index (χ2v) is 5.69. The van der Waals surface area contributed by atoms with Gasteiger partial charge in [-0.3, -0.25) is 9.79 Å². The monoisotopic (exact) mass is 288 g/mol. The van der Waals surface area contributed by atoms with E-state index in [1.54, 1.807) is 0 Å². The van der Waals surface area contributed by atoms with Gasteiger partial charge in [-0.25, -0.2) is 0 Å². The predicted molar refractivity (Wildman–Crippen MR) is 84.7 cm³/mol. The number of carbonyl (C=O) groups excluding carboxylic acids is 1. The van der Waals surface area contributed by atoms with Crippen molar-refractivity contribution in [2.24, 2.45) is 10.7 Å². The maximum absolute atomic E-state index is 12.2. The van der Waals surface area contributed by atoms with Gasteiger partial charge in [-0.15, -0.1) is 0 Å². The molecule has 3 N–H and O–H groups in total. The van der Waals surface area contributed by atoms with Crippen LogP contribution in [0, 0.1) is 0 Å². The number of aliphatic imine (C=N–C) groups is 1. The summed E-state index contributed by atoms with van der Waals surface area (Å²) in [5, 5.41) is 3.03. The first-order valence-corrected chi connectivity index (χ1v) is 7.47. The minimum absolute atomic E-state index is 0.191. The minimum atomic E-state index is 0.191. The summed E-state index contributed by atoms with van der Waals surface area (Å²) in [6, 6.07) is 8.49. The van der Waals surface area contributed by atoms with Crippen molar-refractivity contribution in [3.05, 3.63) is 35.4 Å². The fourth-order valence-electron chi connectivity index (χ4n) is 2.44. The second kappa shape index (κ2) is 7.11. The summed E-state index contributed by atoms with van der Waals surface area (Å²) in [6.07, 6.45) is 1.25. The molecule has 21 heavy (non-hydrogen) atoms. The zero-order chi connectivity index (χ0) is 15.2. The molecule has 5 nitrogen and oxygen atoms in total. The Morgan fingerprint density at radius 3 is 2.52 bits per heavy atom. The summed E-state index contributed by atoms with van der Waals surface area (Å²) in [5.74, 6) is 0.641. The summed E-state index contributed by atoms with van der Waals surface area (Å²) in [5.41, 5.74) is 8.23. The average Bonchev–Trinajstić information content (AvgIpc) is 2.86. The van der Waals surface area contributed by atoms with Gasteiger partial charge in [0, 0.05) is 32.1 Å². The number of fused-ring (bicyclic) bond motifs is 1. The van der Waals surface area contributed by atoms with E-state index in [9.17, 15) is 4.79 Å². The molecule has 1 aromatic carbocycles. The number of nitrogens with one attached hydrogen (secondary N) is 1. The van der Waals surface area contributed by atoms with Crippen molar-refractivity contribution >= 4 is 11.9 Å². The third kappa shape index (κ3) is 4.48. The molecule has 0 bridgehead atoms. The first-order chi connectivity index (χ1) is 10.1. The first kappa shape index (κ1) is 15.4. The Morgan fingerprint density at radius 2 is 1.95 bits per heavy atom. The summed E-state index contributed by atoms with van der Waals surface area (Å²) in [6.45, 7) is 6.07. The molecule has 1 amide bonds. The molecule has 0 aromatic heterocycles. The SMILES string of the molecule is CC(C)NC(N)=NCCCC(=O)N1Cc2ccccc2C1. The molecule has 2 rings (SSSR count). The average molecular weight is 288 g/mol. The van der Waals surface area contributed by atoms with Crippen LogP contribution in [0.1, 0.15) is 37.8 Å². The second-order valence-electron chi connectivity index (χ2n) is 5.69. The molecule has 0 aliphatic carbocycles. The van der Waals surface area contributed by atoms with E-state index in [4.69, 9.17) is 5.73 Å². The highest BCUT2D eigenvalue weighted by atomic mass is 16.2. The highest BCUT2D eigenvalue weighted by molar-refractivity contribution is 5.78. The van der Waals surface area contributed by atoms with Gasteiger partial charge in [0.1, 0.15) is 0 Å². The maximum atomic E-state index is 12.2. The van der Waals surface area contributed by atoms with Crippen LogP contribution in [0.25, 0.3) is 0 Å². The molecular formula is C16H24N4O. The Kier molecular flexibility index (Phi) is 5.20. The Morgan fingerprint density at radius 1 is 1.33 bits per heavy atom. The first-order valence-electron chi connectivity index (χ1n) is 7.47. The van der Waals surface area contributed by atoms with E-state index in [0.29, 0.717) is 18.9 Å². The van der Waals surface area contributed by atoms with Crippen molar-refractivity contribution < 1.29 is 4.79 Å².